The molecule has 1 aromatic carbocycles. The van der Waals surface area contributed by atoms with E-state index in [-0.39, 0.29) is 0 Å². The van der Waals surface area contributed by atoms with Crippen molar-refractivity contribution in [2.75, 3.05) is 12.3 Å². The van der Waals surface area contributed by atoms with E-state index >= 15 is 0 Å². The molecule has 2 heterocycles. The van der Waals surface area contributed by atoms with Gasteiger partial charge in [0.1, 0.15) is 0 Å². The van der Waals surface area contributed by atoms with E-state index in [9.17, 15) is 9.59 Å². The number of esters is 1. The summed E-state index contributed by atoms with van der Waals surface area (Å²) < 4.78 is 5.65. The van der Waals surface area contributed by atoms with Crippen molar-refractivity contribution in [2.24, 2.45) is 0 Å². The van der Waals surface area contributed by atoms with E-state index in [0.29, 0.717) is 23.7 Å². The van der Waals surface area contributed by atoms with Crippen molar-refractivity contribution in [3.63, 3.8) is 0 Å². The number of thioether (sulfide) groups is 1. The quantitative estimate of drug-likeness (QED) is 0.614. The molecule has 0 N–H and O–H groups in total. The summed E-state index contributed by atoms with van der Waals surface area (Å²) in [6, 6.07) is 7.45. The van der Waals surface area contributed by atoms with Gasteiger partial charge in [-0.25, -0.2) is 9.59 Å². The third-order valence-corrected chi connectivity index (χ3v) is 5.21. The Hall–Kier alpha value is -1.50. The van der Waals surface area contributed by atoms with Crippen LogP contribution >= 0.6 is 23.4 Å². The van der Waals surface area contributed by atoms with Crippen LogP contribution in [0.15, 0.2) is 41.3 Å². The minimum absolute atomic E-state index is 0.474. The molecule has 1 atom stereocenters. The first-order valence-corrected chi connectivity index (χ1v) is 8.73. The zero-order valence-electron chi connectivity index (χ0n) is 12.4. The van der Waals surface area contributed by atoms with Gasteiger partial charge in [-0.15, -0.1) is 11.8 Å². The van der Waals surface area contributed by atoms with Crippen LogP contribution in [0.4, 0.5) is 0 Å². The molecule has 7 heteroatoms. The Morgan fingerprint density at radius 1 is 1.13 bits per heavy atom. The van der Waals surface area contributed by atoms with Crippen molar-refractivity contribution in [1.82, 2.24) is 5.06 Å². The van der Waals surface area contributed by atoms with E-state index in [1.807, 2.05) is 24.3 Å². The van der Waals surface area contributed by atoms with Crippen molar-refractivity contribution < 1.29 is 19.2 Å². The molecule has 2 aliphatic rings. The smallest absolute Gasteiger partial charge is 0.350 e. The summed E-state index contributed by atoms with van der Waals surface area (Å²) in [6.07, 6.45) is 4.63. The molecule has 0 amide bonds. The predicted octanol–water partition coefficient (Wildman–Crippen LogP) is 3.19. The Morgan fingerprint density at radius 2 is 1.87 bits per heavy atom. The fourth-order valence-corrected chi connectivity index (χ4v) is 3.81. The van der Waals surface area contributed by atoms with E-state index in [4.69, 9.17) is 21.2 Å². The second-order valence-corrected chi connectivity index (χ2v) is 6.90. The minimum Gasteiger partial charge on any atom is -0.436 e. The molecule has 0 spiro atoms. The van der Waals surface area contributed by atoms with Gasteiger partial charge < -0.3 is 9.57 Å². The summed E-state index contributed by atoms with van der Waals surface area (Å²) in [7, 11) is 0. The Bertz CT molecular complexity index is 633. The molecule has 5 nitrogen and oxygen atoms in total. The van der Waals surface area contributed by atoms with Gasteiger partial charge in [-0.3, -0.25) is 0 Å². The molecule has 23 heavy (non-hydrogen) atoms. The highest BCUT2D eigenvalue weighted by Gasteiger charge is 2.45. The average Bonchev–Trinajstić information content (AvgIpc) is 2.53. The van der Waals surface area contributed by atoms with Crippen LogP contribution in [0.5, 0.6) is 0 Å². The Kier molecular flexibility index (Phi) is 4.94. The third-order valence-electron chi connectivity index (χ3n) is 3.76. The predicted molar refractivity (Wildman–Crippen MR) is 86.8 cm³/mol. The van der Waals surface area contributed by atoms with Crippen LogP contribution in [-0.2, 0) is 19.2 Å². The number of nitrogens with zero attached hydrogens (tertiary/aromatic N) is 1. The van der Waals surface area contributed by atoms with Crippen molar-refractivity contribution in [3.8, 4) is 0 Å². The SMILES string of the molecule is O=C1/C=C\C(=O)OC2(CSc3ccc(Cl)cc3)CCCCN2O1. The fraction of sp³-hybridized carbons (Fsp3) is 0.375. The summed E-state index contributed by atoms with van der Waals surface area (Å²) >= 11 is 7.43. The van der Waals surface area contributed by atoms with Crippen molar-refractivity contribution >= 4 is 35.3 Å². The molecule has 3 rings (SSSR count). The normalized spacial score (nSPS) is 26.5. The second kappa shape index (κ2) is 6.95. The van der Waals surface area contributed by atoms with Crippen LogP contribution < -0.4 is 0 Å². The number of ether oxygens (including phenoxy) is 1. The monoisotopic (exact) mass is 353 g/mol. The van der Waals surface area contributed by atoms with Gasteiger partial charge >= 0.3 is 11.9 Å². The van der Waals surface area contributed by atoms with Gasteiger partial charge in [0.05, 0.1) is 5.75 Å². The number of carbonyl (C=O) groups is 2. The van der Waals surface area contributed by atoms with Crippen LogP contribution in [-0.4, -0.2) is 35.0 Å². The van der Waals surface area contributed by atoms with E-state index in [0.717, 1.165) is 29.9 Å². The van der Waals surface area contributed by atoms with Crippen LogP contribution in [0.1, 0.15) is 19.3 Å². The maximum Gasteiger partial charge on any atom is 0.350 e. The number of fused-ring (bicyclic) bond motifs is 1. The standard InChI is InChI=1S/C16H16ClNO4S/c17-12-3-5-13(6-4-12)23-11-16-9-1-2-10-18(16)22-15(20)8-7-14(19)21-16/h3-8H,1-2,9-11H2/b8-7-. The summed E-state index contributed by atoms with van der Waals surface area (Å²) in [4.78, 5) is 30.0. The lowest BCUT2D eigenvalue weighted by Crippen LogP contribution is -2.57. The molecule has 0 radical (unpaired) electrons. The highest BCUT2D eigenvalue weighted by Crippen LogP contribution is 2.36. The zero-order valence-corrected chi connectivity index (χ0v) is 13.9. The van der Waals surface area contributed by atoms with Crippen LogP contribution in [0.3, 0.4) is 0 Å². The van der Waals surface area contributed by atoms with Gasteiger partial charge in [0.25, 0.3) is 0 Å². The molecule has 1 aromatic rings. The number of halogens is 1. The summed E-state index contributed by atoms with van der Waals surface area (Å²) in [5, 5.41) is 2.19. The lowest BCUT2D eigenvalue weighted by Gasteiger charge is -2.44. The number of hydrogen-bond acceptors (Lipinski definition) is 6. The lowest BCUT2D eigenvalue weighted by atomic mass is 10.0. The van der Waals surface area contributed by atoms with Gasteiger partial charge in [-0.05, 0) is 37.1 Å². The van der Waals surface area contributed by atoms with Crippen molar-refractivity contribution in [3.05, 3.63) is 41.4 Å². The summed E-state index contributed by atoms with van der Waals surface area (Å²) in [5.41, 5.74) is -0.930. The average molecular weight is 354 g/mol. The van der Waals surface area contributed by atoms with Gasteiger partial charge in [0.2, 0.25) is 5.72 Å². The minimum atomic E-state index is -0.930. The topological polar surface area (TPSA) is 55.8 Å². The van der Waals surface area contributed by atoms with E-state index in [1.54, 1.807) is 0 Å². The van der Waals surface area contributed by atoms with E-state index in [1.165, 1.54) is 16.8 Å². The molecule has 1 saturated heterocycles. The zero-order chi connectivity index (χ0) is 16.3. The maximum atomic E-state index is 11.9. The Morgan fingerprint density at radius 3 is 2.65 bits per heavy atom. The highest BCUT2D eigenvalue weighted by molar-refractivity contribution is 7.99. The lowest BCUT2D eigenvalue weighted by molar-refractivity contribution is -0.285. The van der Waals surface area contributed by atoms with E-state index in [2.05, 4.69) is 0 Å². The number of hydrogen-bond donors (Lipinski definition) is 0. The number of piperidine rings is 1. The first-order chi connectivity index (χ1) is 11.1. The number of carbonyl (C=O) groups excluding carboxylic acids is 2. The summed E-state index contributed by atoms with van der Waals surface area (Å²) in [6.45, 7) is 0.550. The number of hydroxylamine groups is 2. The maximum absolute atomic E-state index is 11.9. The Labute approximate surface area is 143 Å². The van der Waals surface area contributed by atoms with Gasteiger partial charge in [-0.2, -0.15) is 0 Å². The first kappa shape index (κ1) is 16.4. The molecule has 1 unspecified atom stereocenters. The van der Waals surface area contributed by atoms with Crippen LogP contribution in [0.2, 0.25) is 5.02 Å². The van der Waals surface area contributed by atoms with Gasteiger partial charge in [-0.1, -0.05) is 16.7 Å². The highest BCUT2D eigenvalue weighted by atomic mass is 35.5. The van der Waals surface area contributed by atoms with Crippen molar-refractivity contribution in [1.29, 1.82) is 0 Å². The molecule has 1 fully saturated rings. The van der Waals surface area contributed by atoms with Gasteiger partial charge in [0, 0.05) is 35.0 Å². The van der Waals surface area contributed by atoms with Crippen LogP contribution in [0.25, 0.3) is 0 Å². The molecule has 0 bridgehead atoms. The second-order valence-electron chi connectivity index (χ2n) is 5.41. The molecule has 2 aliphatic heterocycles. The summed E-state index contributed by atoms with van der Waals surface area (Å²) in [5.74, 6) is -0.601. The van der Waals surface area contributed by atoms with Gasteiger partial charge in [0.15, 0.2) is 0 Å². The van der Waals surface area contributed by atoms with Crippen LogP contribution in [0, 0.1) is 0 Å². The fourth-order valence-electron chi connectivity index (χ4n) is 2.61. The number of rotatable bonds is 3. The molecule has 0 aromatic heterocycles. The number of benzene rings is 1. The Balaban J connectivity index is 1.81. The molecular weight excluding hydrogens is 338 g/mol. The first-order valence-electron chi connectivity index (χ1n) is 7.36. The molecule has 0 aliphatic carbocycles. The van der Waals surface area contributed by atoms with E-state index < -0.39 is 17.7 Å². The molecule has 122 valence electrons. The largest absolute Gasteiger partial charge is 0.436 e. The molecular formula is C16H16ClNO4S. The molecule has 0 saturated carbocycles. The third kappa shape index (κ3) is 3.88. The van der Waals surface area contributed by atoms with Crippen molar-refractivity contribution in [2.45, 2.75) is 29.9 Å².